The zero-order valence-corrected chi connectivity index (χ0v) is 11.9. The van der Waals surface area contributed by atoms with Gasteiger partial charge >= 0.3 is 0 Å². The second kappa shape index (κ2) is 5.31. The van der Waals surface area contributed by atoms with Crippen LogP contribution in [0.5, 0.6) is 0 Å². The number of hydrogen-bond donors (Lipinski definition) is 2. The third kappa shape index (κ3) is 4.25. The highest BCUT2D eigenvalue weighted by Crippen LogP contribution is 2.26. The van der Waals surface area contributed by atoms with E-state index in [9.17, 15) is 8.42 Å². The zero-order chi connectivity index (χ0) is 12.3. The average molecular weight is 344 g/mol. The van der Waals surface area contributed by atoms with Crippen LogP contribution < -0.4 is 10.5 Å². The molecule has 0 aliphatic heterocycles. The van der Waals surface area contributed by atoms with Gasteiger partial charge in [-0.3, -0.25) is 4.72 Å². The number of sulfonamides is 1. The Morgan fingerprint density at radius 3 is 2.69 bits per heavy atom. The molecule has 8 heteroatoms. The van der Waals surface area contributed by atoms with Crippen LogP contribution in [0.25, 0.3) is 0 Å². The molecule has 0 radical (unpaired) electrons. The van der Waals surface area contributed by atoms with E-state index >= 15 is 0 Å². The molecule has 3 N–H and O–H groups in total. The van der Waals surface area contributed by atoms with Crippen molar-refractivity contribution in [1.82, 2.24) is 0 Å². The molecule has 0 heterocycles. The first kappa shape index (κ1) is 13.7. The van der Waals surface area contributed by atoms with Crippen LogP contribution >= 0.6 is 39.7 Å². The number of rotatable bonds is 4. The summed E-state index contributed by atoms with van der Waals surface area (Å²) in [6.07, 6.45) is 0. The summed E-state index contributed by atoms with van der Waals surface area (Å²) < 4.78 is 26.1. The molecule has 1 rings (SSSR count). The smallest absolute Gasteiger partial charge is 0.239 e. The number of anilines is 1. The second-order valence-electron chi connectivity index (χ2n) is 2.95. The normalized spacial score (nSPS) is 11.1. The number of hydrogen-bond acceptors (Lipinski definition) is 3. The van der Waals surface area contributed by atoms with Gasteiger partial charge in [-0.25, -0.2) is 8.42 Å². The van der Waals surface area contributed by atoms with E-state index < -0.39 is 15.8 Å². The van der Waals surface area contributed by atoms with Gasteiger partial charge in [0.25, 0.3) is 0 Å². The second-order valence-corrected chi connectivity index (χ2v) is 6.52. The molecule has 0 aromatic heterocycles. The minimum Gasteiger partial charge on any atom is -0.392 e. The topological polar surface area (TPSA) is 72.2 Å². The highest BCUT2D eigenvalue weighted by atomic mass is 79.9. The lowest BCUT2D eigenvalue weighted by Crippen LogP contribution is -2.26. The Morgan fingerprint density at radius 1 is 1.56 bits per heavy atom. The van der Waals surface area contributed by atoms with Gasteiger partial charge in [0.1, 0.15) is 5.75 Å². The Kier molecular flexibility index (Phi) is 4.54. The van der Waals surface area contributed by atoms with Crippen LogP contribution in [0.3, 0.4) is 0 Å². The van der Waals surface area contributed by atoms with Crippen LogP contribution in [0.1, 0.15) is 0 Å². The average Bonchev–Trinajstić information content (AvgIpc) is 2.07. The molecule has 0 unspecified atom stereocenters. The monoisotopic (exact) mass is 342 g/mol. The van der Waals surface area contributed by atoms with E-state index in [0.717, 1.165) is 4.47 Å². The van der Waals surface area contributed by atoms with E-state index in [1.807, 2.05) is 0 Å². The molecular formula is C8H8BrClN2O2S2. The lowest BCUT2D eigenvalue weighted by molar-refractivity contribution is 0.605. The minimum atomic E-state index is -3.59. The van der Waals surface area contributed by atoms with E-state index in [4.69, 9.17) is 17.3 Å². The van der Waals surface area contributed by atoms with Gasteiger partial charge in [0, 0.05) is 4.47 Å². The molecule has 4 nitrogen and oxygen atoms in total. The van der Waals surface area contributed by atoms with Gasteiger partial charge < -0.3 is 5.73 Å². The van der Waals surface area contributed by atoms with E-state index in [1.54, 1.807) is 18.2 Å². The molecular weight excluding hydrogens is 336 g/mol. The Labute approximate surface area is 112 Å². The van der Waals surface area contributed by atoms with Gasteiger partial charge in [-0.1, -0.05) is 39.7 Å². The Hall–Kier alpha value is -0.370. The predicted octanol–water partition coefficient (Wildman–Crippen LogP) is 2.13. The SMILES string of the molecule is NC(=S)CS(=O)(=O)Nc1ccc(Br)cc1Cl. The van der Waals surface area contributed by atoms with Crippen LogP contribution in [0.15, 0.2) is 22.7 Å². The molecule has 88 valence electrons. The molecule has 0 aliphatic rings. The van der Waals surface area contributed by atoms with Crippen LogP contribution in [0, 0.1) is 0 Å². The summed E-state index contributed by atoms with van der Waals surface area (Å²) in [6.45, 7) is 0. The van der Waals surface area contributed by atoms with Gasteiger partial charge in [-0.15, -0.1) is 0 Å². The van der Waals surface area contributed by atoms with Crippen molar-refractivity contribution in [3.63, 3.8) is 0 Å². The van der Waals surface area contributed by atoms with Crippen LogP contribution in [-0.4, -0.2) is 19.2 Å². The molecule has 1 aromatic rings. The van der Waals surface area contributed by atoms with Crippen molar-refractivity contribution in [3.8, 4) is 0 Å². The Balaban J connectivity index is 2.92. The van der Waals surface area contributed by atoms with Crippen molar-refractivity contribution in [2.24, 2.45) is 5.73 Å². The molecule has 0 amide bonds. The summed E-state index contributed by atoms with van der Waals surface area (Å²) in [7, 11) is -3.59. The number of halogens is 2. The van der Waals surface area contributed by atoms with Gasteiger partial charge in [0.15, 0.2) is 0 Å². The third-order valence-electron chi connectivity index (χ3n) is 1.53. The molecule has 0 saturated heterocycles. The first-order valence-electron chi connectivity index (χ1n) is 4.04. The van der Waals surface area contributed by atoms with E-state index in [1.165, 1.54) is 0 Å². The summed E-state index contributed by atoms with van der Waals surface area (Å²) in [4.78, 5) is -0.0965. The van der Waals surface area contributed by atoms with Crippen molar-refractivity contribution in [3.05, 3.63) is 27.7 Å². The number of benzene rings is 1. The first-order chi connectivity index (χ1) is 7.30. The highest BCUT2D eigenvalue weighted by Gasteiger charge is 2.13. The van der Waals surface area contributed by atoms with E-state index in [2.05, 4.69) is 32.9 Å². The molecule has 1 aromatic carbocycles. The Morgan fingerprint density at radius 2 is 2.19 bits per heavy atom. The van der Waals surface area contributed by atoms with Crippen LogP contribution in [0.4, 0.5) is 5.69 Å². The van der Waals surface area contributed by atoms with Crippen molar-refractivity contribution in [2.45, 2.75) is 0 Å². The fraction of sp³-hybridized carbons (Fsp3) is 0.125. The maximum absolute atomic E-state index is 11.5. The summed E-state index contributed by atoms with van der Waals surface area (Å²) in [6, 6.07) is 4.80. The fourth-order valence-electron chi connectivity index (χ4n) is 0.963. The zero-order valence-electron chi connectivity index (χ0n) is 7.91. The van der Waals surface area contributed by atoms with Gasteiger partial charge in [0.2, 0.25) is 10.0 Å². The quantitative estimate of drug-likeness (QED) is 0.822. The predicted molar refractivity (Wildman–Crippen MR) is 73.3 cm³/mol. The number of nitrogens with two attached hydrogens (primary N) is 1. The van der Waals surface area contributed by atoms with Gasteiger partial charge in [-0.2, -0.15) is 0 Å². The standard InChI is InChI=1S/C8H8BrClN2O2S2/c9-5-1-2-7(6(10)3-5)12-16(13,14)4-8(11)15/h1-3,12H,4H2,(H2,11,15). The lowest BCUT2D eigenvalue weighted by atomic mass is 10.3. The van der Waals surface area contributed by atoms with Crippen molar-refractivity contribution in [1.29, 1.82) is 0 Å². The molecule has 0 atom stereocenters. The molecule has 0 aliphatic carbocycles. The molecule has 0 spiro atoms. The Bertz CT molecular complexity index is 519. The van der Waals surface area contributed by atoms with Crippen LogP contribution in [0.2, 0.25) is 5.02 Å². The molecule has 0 bridgehead atoms. The van der Waals surface area contributed by atoms with Gasteiger partial charge in [0.05, 0.1) is 15.7 Å². The van der Waals surface area contributed by atoms with E-state index in [0.29, 0.717) is 10.7 Å². The highest BCUT2D eigenvalue weighted by molar-refractivity contribution is 9.10. The summed E-state index contributed by atoms with van der Waals surface area (Å²) in [5.74, 6) is -0.408. The summed E-state index contributed by atoms with van der Waals surface area (Å²) in [5.41, 5.74) is 5.46. The minimum absolute atomic E-state index is 0.0965. The number of nitrogens with one attached hydrogen (secondary N) is 1. The number of thiocarbonyl (C=S) groups is 1. The fourth-order valence-corrected chi connectivity index (χ4v) is 3.17. The molecule has 0 saturated carbocycles. The summed E-state index contributed by atoms with van der Waals surface area (Å²) in [5, 5.41) is 0.292. The molecule has 0 fully saturated rings. The van der Waals surface area contributed by atoms with Crippen molar-refractivity contribution in [2.75, 3.05) is 10.5 Å². The van der Waals surface area contributed by atoms with Crippen molar-refractivity contribution < 1.29 is 8.42 Å². The third-order valence-corrected chi connectivity index (χ3v) is 3.88. The van der Waals surface area contributed by atoms with Gasteiger partial charge in [-0.05, 0) is 18.2 Å². The summed E-state index contributed by atoms with van der Waals surface area (Å²) >= 11 is 13.6. The van der Waals surface area contributed by atoms with Crippen molar-refractivity contribution >= 4 is 60.4 Å². The van der Waals surface area contributed by atoms with E-state index in [-0.39, 0.29) is 4.99 Å². The first-order valence-corrected chi connectivity index (χ1v) is 7.27. The largest absolute Gasteiger partial charge is 0.392 e. The maximum atomic E-state index is 11.5. The lowest BCUT2D eigenvalue weighted by Gasteiger charge is -2.08. The molecule has 16 heavy (non-hydrogen) atoms. The maximum Gasteiger partial charge on any atom is 0.239 e. The van der Waals surface area contributed by atoms with Crippen LogP contribution in [-0.2, 0) is 10.0 Å².